The molecule has 0 radical (unpaired) electrons. The fourth-order valence-electron chi connectivity index (χ4n) is 1.81. The van der Waals surface area contributed by atoms with Gasteiger partial charge in [-0.3, -0.25) is 4.57 Å². The van der Waals surface area contributed by atoms with E-state index in [1.807, 2.05) is 26.0 Å². The molecule has 0 spiro atoms. The van der Waals surface area contributed by atoms with Gasteiger partial charge in [-0.1, -0.05) is 13.0 Å². The molecule has 2 aromatic rings. The molecule has 2 rings (SSSR count). The van der Waals surface area contributed by atoms with E-state index < -0.39 is 5.97 Å². The SMILES string of the molecule is CCc1nc(C(=O)OC)c(N)n1-c1ccc(C)cn1. The summed E-state index contributed by atoms with van der Waals surface area (Å²) < 4.78 is 6.34. The Labute approximate surface area is 111 Å². The van der Waals surface area contributed by atoms with Crippen LogP contribution in [0.5, 0.6) is 0 Å². The Morgan fingerprint density at radius 2 is 2.21 bits per heavy atom. The highest BCUT2D eigenvalue weighted by molar-refractivity contribution is 5.92. The van der Waals surface area contributed by atoms with Gasteiger partial charge in [0, 0.05) is 12.6 Å². The maximum atomic E-state index is 11.6. The second-order valence-corrected chi connectivity index (χ2v) is 4.14. The first-order valence-corrected chi connectivity index (χ1v) is 5.97. The van der Waals surface area contributed by atoms with E-state index in [2.05, 4.69) is 14.7 Å². The van der Waals surface area contributed by atoms with E-state index in [1.165, 1.54) is 7.11 Å². The van der Waals surface area contributed by atoms with Crippen LogP contribution in [0.2, 0.25) is 0 Å². The van der Waals surface area contributed by atoms with Gasteiger partial charge in [0.25, 0.3) is 0 Å². The Bertz CT molecular complexity index is 602. The summed E-state index contributed by atoms with van der Waals surface area (Å²) in [5, 5.41) is 0. The minimum atomic E-state index is -0.543. The molecule has 6 nitrogen and oxygen atoms in total. The molecule has 0 bridgehead atoms. The number of nitrogens with two attached hydrogens (primary N) is 1. The van der Waals surface area contributed by atoms with Gasteiger partial charge in [-0.05, 0) is 18.6 Å². The highest BCUT2D eigenvalue weighted by Gasteiger charge is 2.21. The number of ether oxygens (including phenoxy) is 1. The molecule has 100 valence electrons. The van der Waals surface area contributed by atoms with Crippen molar-refractivity contribution in [3.8, 4) is 5.82 Å². The molecule has 0 saturated carbocycles. The number of rotatable bonds is 3. The molecule has 0 unspecified atom stereocenters. The number of aromatic nitrogens is 3. The van der Waals surface area contributed by atoms with Gasteiger partial charge in [0.1, 0.15) is 17.5 Å². The Morgan fingerprint density at radius 1 is 1.47 bits per heavy atom. The summed E-state index contributed by atoms with van der Waals surface area (Å²) in [5.41, 5.74) is 7.16. The second-order valence-electron chi connectivity index (χ2n) is 4.14. The summed E-state index contributed by atoms with van der Waals surface area (Å²) in [6.45, 7) is 3.89. The Hall–Kier alpha value is -2.37. The zero-order valence-corrected chi connectivity index (χ0v) is 11.2. The van der Waals surface area contributed by atoms with Crippen LogP contribution >= 0.6 is 0 Å². The molecule has 0 atom stereocenters. The fourth-order valence-corrected chi connectivity index (χ4v) is 1.81. The average molecular weight is 260 g/mol. The number of pyridine rings is 1. The molecule has 0 aliphatic carbocycles. The first-order valence-electron chi connectivity index (χ1n) is 5.97. The summed E-state index contributed by atoms with van der Waals surface area (Å²) in [7, 11) is 1.30. The molecule has 0 amide bonds. The minimum Gasteiger partial charge on any atom is -0.464 e. The third-order valence-electron chi connectivity index (χ3n) is 2.80. The number of aryl methyl sites for hydroxylation is 2. The van der Waals surface area contributed by atoms with Crippen LogP contribution in [0.3, 0.4) is 0 Å². The molecule has 19 heavy (non-hydrogen) atoms. The fraction of sp³-hybridized carbons (Fsp3) is 0.308. The van der Waals surface area contributed by atoms with Crippen LogP contribution in [0.25, 0.3) is 5.82 Å². The molecule has 2 heterocycles. The van der Waals surface area contributed by atoms with Crippen molar-refractivity contribution < 1.29 is 9.53 Å². The predicted octanol–water partition coefficient (Wildman–Crippen LogP) is 1.51. The average Bonchev–Trinajstić information content (AvgIpc) is 2.76. The van der Waals surface area contributed by atoms with Gasteiger partial charge in [0.2, 0.25) is 0 Å². The topological polar surface area (TPSA) is 83.0 Å². The summed E-state index contributed by atoms with van der Waals surface area (Å²) in [4.78, 5) is 20.1. The van der Waals surface area contributed by atoms with Gasteiger partial charge < -0.3 is 10.5 Å². The lowest BCUT2D eigenvalue weighted by atomic mass is 10.3. The molecule has 0 saturated heterocycles. The van der Waals surface area contributed by atoms with Crippen molar-refractivity contribution in [1.29, 1.82) is 0 Å². The Balaban J connectivity index is 2.59. The molecule has 0 aliphatic heterocycles. The molecule has 0 aliphatic rings. The number of hydrogen-bond donors (Lipinski definition) is 1. The van der Waals surface area contributed by atoms with Gasteiger partial charge in [0.15, 0.2) is 5.69 Å². The summed E-state index contributed by atoms with van der Waals surface area (Å²) in [6.07, 6.45) is 2.38. The summed E-state index contributed by atoms with van der Waals surface area (Å²) >= 11 is 0. The standard InChI is InChI=1S/C13H16N4O2/c1-4-9-16-11(13(18)19-3)12(14)17(9)10-6-5-8(2)7-15-10/h5-7H,4,14H2,1-3H3. The molecule has 6 heteroatoms. The van der Waals surface area contributed by atoms with Crippen LogP contribution < -0.4 is 5.73 Å². The van der Waals surface area contributed by atoms with Crippen LogP contribution in [0, 0.1) is 6.92 Å². The number of nitrogens with zero attached hydrogens (tertiary/aromatic N) is 3. The zero-order chi connectivity index (χ0) is 14.0. The Morgan fingerprint density at radius 3 is 2.74 bits per heavy atom. The van der Waals surface area contributed by atoms with Crippen LogP contribution in [-0.4, -0.2) is 27.6 Å². The van der Waals surface area contributed by atoms with Crippen molar-refractivity contribution in [2.75, 3.05) is 12.8 Å². The van der Waals surface area contributed by atoms with Crippen molar-refractivity contribution in [2.45, 2.75) is 20.3 Å². The molecule has 0 aromatic carbocycles. The van der Waals surface area contributed by atoms with Gasteiger partial charge in [-0.15, -0.1) is 0 Å². The number of carbonyl (C=O) groups is 1. The number of imidazole rings is 1. The van der Waals surface area contributed by atoms with E-state index in [4.69, 9.17) is 5.73 Å². The maximum absolute atomic E-state index is 11.6. The van der Waals surface area contributed by atoms with Crippen molar-refractivity contribution in [2.24, 2.45) is 0 Å². The van der Waals surface area contributed by atoms with Crippen LogP contribution in [0.4, 0.5) is 5.82 Å². The van der Waals surface area contributed by atoms with Gasteiger partial charge >= 0.3 is 5.97 Å². The van der Waals surface area contributed by atoms with Crippen LogP contribution in [-0.2, 0) is 11.2 Å². The lowest BCUT2D eigenvalue weighted by Crippen LogP contribution is -2.09. The molecule has 2 aromatic heterocycles. The minimum absolute atomic E-state index is 0.127. The highest BCUT2D eigenvalue weighted by Crippen LogP contribution is 2.20. The smallest absolute Gasteiger partial charge is 0.360 e. The largest absolute Gasteiger partial charge is 0.464 e. The molecular weight excluding hydrogens is 244 g/mol. The van der Waals surface area contributed by atoms with Gasteiger partial charge in [0.05, 0.1) is 7.11 Å². The van der Waals surface area contributed by atoms with Gasteiger partial charge in [-0.25, -0.2) is 14.8 Å². The number of hydrogen-bond acceptors (Lipinski definition) is 5. The van der Waals surface area contributed by atoms with Gasteiger partial charge in [-0.2, -0.15) is 0 Å². The van der Waals surface area contributed by atoms with E-state index in [9.17, 15) is 4.79 Å². The van der Waals surface area contributed by atoms with Crippen molar-refractivity contribution in [3.05, 3.63) is 35.4 Å². The zero-order valence-electron chi connectivity index (χ0n) is 11.2. The van der Waals surface area contributed by atoms with Crippen LogP contribution in [0.1, 0.15) is 28.8 Å². The Kier molecular flexibility index (Phi) is 3.50. The maximum Gasteiger partial charge on any atom is 0.360 e. The number of anilines is 1. The molecule has 2 N–H and O–H groups in total. The lowest BCUT2D eigenvalue weighted by Gasteiger charge is -2.07. The quantitative estimate of drug-likeness (QED) is 0.846. The van der Waals surface area contributed by atoms with E-state index in [0.29, 0.717) is 18.1 Å². The number of esters is 1. The molecule has 0 fully saturated rings. The first kappa shape index (κ1) is 13.1. The summed E-state index contributed by atoms with van der Waals surface area (Å²) in [5.74, 6) is 1.02. The lowest BCUT2D eigenvalue weighted by molar-refractivity contribution is 0.0596. The first-order chi connectivity index (χ1) is 9.08. The number of methoxy groups -OCH3 is 1. The molecular formula is C13H16N4O2. The number of nitrogen functional groups attached to an aromatic ring is 1. The third-order valence-corrected chi connectivity index (χ3v) is 2.80. The van der Waals surface area contributed by atoms with Crippen LogP contribution in [0.15, 0.2) is 18.3 Å². The van der Waals surface area contributed by atoms with Crippen molar-refractivity contribution in [3.63, 3.8) is 0 Å². The van der Waals surface area contributed by atoms with Crippen molar-refractivity contribution >= 4 is 11.8 Å². The number of carbonyl (C=O) groups excluding carboxylic acids is 1. The second kappa shape index (κ2) is 5.09. The van der Waals surface area contributed by atoms with Crippen molar-refractivity contribution in [1.82, 2.24) is 14.5 Å². The van der Waals surface area contributed by atoms with E-state index in [0.717, 1.165) is 5.56 Å². The monoisotopic (exact) mass is 260 g/mol. The summed E-state index contributed by atoms with van der Waals surface area (Å²) in [6, 6.07) is 3.77. The normalized spacial score (nSPS) is 10.5. The predicted molar refractivity (Wildman–Crippen MR) is 71.2 cm³/mol. The van der Waals surface area contributed by atoms with E-state index >= 15 is 0 Å². The third kappa shape index (κ3) is 2.29. The highest BCUT2D eigenvalue weighted by atomic mass is 16.5. The van der Waals surface area contributed by atoms with E-state index in [1.54, 1.807) is 10.8 Å². The van der Waals surface area contributed by atoms with E-state index in [-0.39, 0.29) is 11.5 Å².